The van der Waals surface area contributed by atoms with Gasteiger partial charge in [-0.1, -0.05) is 23.2 Å². The lowest BCUT2D eigenvalue weighted by molar-refractivity contribution is 0.138. The van der Waals surface area contributed by atoms with Crippen molar-refractivity contribution < 1.29 is 9.59 Å². The summed E-state index contributed by atoms with van der Waals surface area (Å²) in [7, 11) is 0. The number of hydrogen-bond acceptors (Lipinski definition) is 2. The Bertz CT molecular complexity index is 710. The number of anilines is 1. The molecular weight excluding hydrogens is 363 g/mol. The Morgan fingerprint density at radius 3 is 2.72 bits per heavy atom. The van der Waals surface area contributed by atoms with E-state index in [0.29, 0.717) is 28.8 Å². The highest BCUT2D eigenvalue weighted by molar-refractivity contribution is 6.36. The Kier molecular flexibility index (Phi) is 5.02. The molecule has 0 spiro atoms. The lowest BCUT2D eigenvalue weighted by atomic mass is 9.99. The number of amides is 4. The van der Waals surface area contributed by atoms with Gasteiger partial charge in [0.15, 0.2) is 0 Å². The predicted octanol–water partition coefficient (Wildman–Crippen LogP) is 3.71. The van der Waals surface area contributed by atoms with Crippen molar-refractivity contribution in [3.63, 3.8) is 0 Å². The van der Waals surface area contributed by atoms with Gasteiger partial charge in [0.25, 0.3) is 0 Å². The number of halogens is 2. The van der Waals surface area contributed by atoms with E-state index in [2.05, 4.69) is 10.6 Å². The zero-order valence-electron chi connectivity index (χ0n) is 14.5. The van der Waals surface area contributed by atoms with Crippen molar-refractivity contribution in [1.29, 1.82) is 0 Å². The number of benzene rings is 1. The van der Waals surface area contributed by atoms with Gasteiger partial charge in [0.2, 0.25) is 0 Å². The molecule has 0 aliphatic carbocycles. The number of aryl methyl sites for hydroxylation is 1. The molecule has 6 nitrogen and oxygen atoms in total. The zero-order valence-corrected chi connectivity index (χ0v) is 16.0. The first-order valence-corrected chi connectivity index (χ1v) is 9.14. The second-order valence-corrected chi connectivity index (χ2v) is 7.68. The van der Waals surface area contributed by atoms with Gasteiger partial charge in [-0.2, -0.15) is 0 Å². The third-order valence-corrected chi connectivity index (χ3v) is 5.53. The van der Waals surface area contributed by atoms with Crippen molar-refractivity contribution in [2.24, 2.45) is 0 Å². The van der Waals surface area contributed by atoms with Crippen molar-refractivity contribution in [2.75, 3.05) is 18.4 Å². The van der Waals surface area contributed by atoms with Gasteiger partial charge < -0.3 is 20.4 Å². The van der Waals surface area contributed by atoms with Gasteiger partial charge >= 0.3 is 12.1 Å². The summed E-state index contributed by atoms with van der Waals surface area (Å²) < 4.78 is 0. The summed E-state index contributed by atoms with van der Waals surface area (Å²) in [4.78, 5) is 28.3. The minimum Gasteiger partial charge on any atom is -0.331 e. The molecular formula is C17H22Cl2N4O2. The minimum absolute atomic E-state index is 0.0496. The molecule has 0 unspecified atom stereocenters. The first-order valence-electron chi connectivity index (χ1n) is 8.38. The Morgan fingerprint density at radius 1 is 1.32 bits per heavy atom. The summed E-state index contributed by atoms with van der Waals surface area (Å²) in [6.45, 7) is 6.92. The van der Waals surface area contributed by atoms with E-state index in [9.17, 15) is 9.59 Å². The Balaban J connectivity index is 1.68. The fourth-order valence-electron chi connectivity index (χ4n) is 3.54. The highest BCUT2D eigenvalue weighted by Crippen LogP contribution is 2.30. The van der Waals surface area contributed by atoms with E-state index in [1.165, 1.54) is 0 Å². The van der Waals surface area contributed by atoms with Crippen LogP contribution in [0.3, 0.4) is 0 Å². The van der Waals surface area contributed by atoms with Crippen LogP contribution < -0.4 is 10.6 Å². The fourth-order valence-corrected chi connectivity index (χ4v) is 3.97. The molecule has 0 radical (unpaired) electrons. The van der Waals surface area contributed by atoms with E-state index in [-0.39, 0.29) is 30.2 Å². The van der Waals surface area contributed by atoms with Crippen LogP contribution in [-0.2, 0) is 0 Å². The van der Waals surface area contributed by atoms with E-state index in [1.807, 2.05) is 25.7 Å². The lowest BCUT2D eigenvalue weighted by Gasteiger charge is -2.37. The molecule has 25 heavy (non-hydrogen) atoms. The molecule has 2 aliphatic heterocycles. The van der Waals surface area contributed by atoms with Crippen molar-refractivity contribution in [2.45, 2.75) is 45.3 Å². The number of piperidine rings is 1. The number of rotatable bonds is 2. The maximum absolute atomic E-state index is 12.6. The SMILES string of the molecule is Cc1cc(Cl)c(NC(=O)N2CC[C@H]3[C@@H](C2)NC(=O)N3C(C)C)cc1Cl. The van der Waals surface area contributed by atoms with Crippen molar-refractivity contribution >= 4 is 41.0 Å². The number of likely N-dealkylation sites (tertiary alicyclic amines) is 1. The molecule has 1 aromatic carbocycles. The Hall–Kier alpha value is -1.66. The summed E-state index contributed by atoms with van der Waals surface area (Å²) >= 11 is 12.3. The van der Waals surface area contributed by atoms with Gasteiger partial charge in [0, 0.05) is 24.2 Å². The molecule has 1 aromatic rings. The molecule has 0 saturated carbocycles. The number of urea groups is 2. The van der Waals surface area contributed by atoms with Crippen molar-refractivity contribution in [3.05, 3.63) is 27.7 Å². The molecule has 4 amide bonds. The molecule has 3 rings (SSSR count). The molecule has 2 fully saturated rings. The van der Waals surface area contributed by atoms with Crippen LogP contribution >= 0.6 is 23.2 Å². The Morgan fingerprint density at radius 2 is 2.04 bits per heavy atom. The maximum Gasteiger partial charge on any atom is 0.321 e. The van der Waals surface area contributed by atoms with Gasteiger partial charge in [0.05, 0.1) is 22.8 Å². The molecule has 0 aromatic heterocycles. The van der Waals surface area contributed by atoms with Crippen LogP contribution in [0.25, 0.3) is 0 Å². The topological polar surface area (TPSA) is 64.7 Å². The first-order chi connectivity index (χ1) is 11.8. The summed E-state index contributed by atoms with van der Waals surface area (Å²) in [5.41, 5.74) is 1.34. The first kappa shape index (κ1) is 18.1. The van der Waals surface area contributed by atoms with Gasteiger partial charge in [-0.25, -0.2) is 9.59 Å². The van der Waals surface area contributed by atoms with Crippen LogP contribution in [0.4, 0.5) is 15.3 Å². The van der Waals surface area contributed by atoms with Crippen LogP contribution in [0.15, 0.2) is 12.1 Å². The standard InChI is InChI=1S/C17H22Cl2N4O2/c1-9(2)23-15-4-5-22(8-14(15)21-17(23)25)16(24)20-13-7-11(18)10(3)6-12(13)19/h6-7,9,14-15H,4-5,8H2,1-3H3,(H,20,24)(H,21,25)/t14-,15+/m1/s1. The number of carbonyl (C=O) groups is 2. The van der Waals surface area contributed by atoms with Crippen LogP contribution in [-0.4, -0.2) is 53.1 Å². The third kappa shape index (κ3) is 3.51. The molecule has 2 N–H and O–H groups in total. The van der Waals surface area contributed by atoms with E-state index >= 15 is 0 Å². The van der Waals surface area contributed by atoms with Crippen molar-refractivity contribution in [1.82, 2.24) is 15.1 Å². The summed E-state index contributed by atoms with van der Waals surface area (Å²) in [5, 5.41) is 6.80. The van der Waals surface area contributed by atoms with Crippen molar-refractivity contribution in [3.8, 4) is 0 Å². The molecule has 2 atom stereocenters. The number of nitrogens with one attached hydrogen (secondary N) is 2. The molecule has 8 heteroatoms. The quantitative estimate of drug-likeness (QED) is 0.815. The number of hydrogen-bond donors (Lipinski definition) is 2. The summed E-state index contributed by atoms with van der Waals surface area (Å²) in [6, 6.07) is 3.31. The zero-order chi connectivity index (χ0) is 18.3. The normalized spacial score (nSPS) is 22.9. The number of fused-ring (bicyclic) bond motifs is 1. The molecule has 136 valence electrons. The Labute approximate surface area is 157 Å². The van der Waals surface area contributed by atoms with Gasteiger partial charge in [0.1, 0.15) is 0 Å². The summed E-state index contributed by atoms with van der Waals surface area (Å²) in [5.74, 6) is 0. The fraction of sp³-hybridized carbons (Fsp3) is 0.529. The van der Waals surface area contributed by atoms with Gasteiger partial charge in [-0.05, 0) is 44.9 Å². The van der Waals surface area contributed by atoms with E-state index < -0.39 is 0 Å². The minimum atomic E-state index is -0.238. The van der Waals surface area contributed by atoms with E-state index in [1.54, 1.807) is 17.0 Å². The van der Waals surface area contributed by atoms with E-state index in [4.69, 9.17) is 23.2 Å². The largest absolute Gasteiger partial charge is 0.331 e. The molecule has 2 saturated heterocycles. The lowest BCUT2D eigenvalue weighted by Crippen LogP contribution is -2.54. The molecule has 2 heterocycles. The van der Waals surface area contributed by atoms with Crippen LogP contribution in [0.2, 0.25) is 10.0 Å². The third-order valence-electron chi connectivity index (χ3n) is 4.81. The smallest absolute Gasteiger partial charge is 0.321 e. The number of carbonyl (C=O) groups excluding carboxylic acids is 2. The average Bonchev–Trinajstić information content (AvgIpc) is 2.87. The second-order valence-electron chi connectivity index (χ2n) is 6.87. The monoisotopic (exact) mass is 384 g/mol. The van der Waals surface area contributed by atoms with E-state index in [0.717, 1.165) is 12.0 Å². The molecule has 2 aliphatic rings. The number of nitrogens with zero attached hydrogens (tertiary/aromatic N) is 2. The van der Waals surface area contributed by atoms with Gasteiger partial charge in [-0.15, -0.1) is 0 Å². The maximum atomic E-state index is 12.6. The molecule has 0 bridgehead atoms. The van der Waals surface area contributed by atoms with Crippen LogP contribution in [0, 0.1) is 6.92 Å². The van der Waals surface area contributed by atoms with Crippen LogP contribution in [0.1, 0.15) is 25.8 Å². The highest BCUT2D eigenvalue weighted by atomic mass is 35.5. The predicted molar refractivity (Wildman–Crippen MR) is 99.5 cm³/mol. The highest BCUT2D eigenvalue weighted by Gasteiger charge is 2.44. The second kappa shape index (κ2) is 6.92. The van der Waals surface area contributed by atoms with Gasteiger partial charge in [-0.3, -0.25) is 0 Å². The van der Waals surface area contributed by atoms with Crippen LogP contribution in [0.5, 0.6) is 0 Å². The average molecular weight is 385 g/mol. The summed E-state index contributed by atoms with van der Waals surface area (Å²) in [6.07, 6.45) is 0.747.